The van der Waals surface area contributed by atoms with E-state index in [4.69, 9.17) is 16.3 Å². The molecule has 0 saturated carbocycles. The van der Waals surface area contributed by atoms with E-state index in [0.717, 1.165) is 36.1 Å². The predicted octanol–water partition coefficient (Wildman–Crippen LogP) is 4.12. The summed E-state index contributed by atoms with van der Waals surface area (Å²) >= 11 is 7.21. The van der Waals surface area contributed by atoms with Gasteiger partial charge < -0.3 is 20.2 Å². The molecule has 11 heteroatoms. The summed E-state index contributed by atoms with van der Waals surface area (Å²) in [5, 5.41) is 19.3. The van der Waals surface area contributed by atoms with Gasteiger partial charge in [-0.2, -0.15) is 0 Å². The molecule has 1 aliphatic rings. The lowest BCUT2D eigenvalue weighted by atomic mass is 9.95. The van der Waals surface area contributed by atoms with E-state index in [9.17, 15) is 19.7 Å². The van der Waals surface area contributed by atoms with Crippen LogP contribution >= 0.6 is 22.9 Å². The Morgan fingerprint density at radius 1 is 1.43 bits per heavy atom. The van der Waals surface area contributed by atoms with Crippen LogP contribution in [0, 0.1) is 10.1 Å². The van der Waals surface area contributed by atoms with E-state index >= 15 is 0 Å². The number of amides is 1. The summed E-state index contributed by atoms with van der Waals surface area (Å²) < 4.78 is 5.48. The van der Waals surface area contributed by atoms with E-state index in [2.05, 4.69) is 15.5 Å². The summed E-state index contributed by atoms with van der Waals surface area (Å²) in [5.41, 5.74) is 0.953. The van der Waals surface area contributed by atoms with Crippen LogP contribution in [0.2, 0.25) is 5.02 Å². The molecule has 28 heavy (non-hydrogen) atoms. The minimum absolute atomic E-state index is 0.251. The van der Waals surface area contributed by atoms with Crippen molar-refractivity contribution in [3.05, 3.63) is 36.8 Å². The van der Waals surface area contributed by atoms with E-state index < -0.39 is 22.6 Å². The molecule has 2 aromatic heterocycles. The topological polar surface area (TPSA) is 127 Å². The van der Waals surface area contributed by atoms with Crippen molar-refractivity contribution in [1.82, 2.24) is 10.2 Å². The van der Waals surface area contributed by atoms with Crippen molar-refractivity contribution < 1.29 is 19.2 Å². The lowest BCUT2D eigenvalue weighted by Gasteiger charge is -2.15. The first-order valence-electron chi connectivity index (χ1n) is 8.88. The second-order valence-electron chi connectivity index (χ2n) is 6.49. The van der Waals surface area contributed by atoms with Gasteiger partial charge in [-0.3, -0.25) is 4.79 Å². The summed E-state index contributed by atoms with van der Waals surface area (Å²) in [7, 11) is 0. The first kappa shape index (κ1) is 20.3. The van der Waals surface area contributed by atoms with E-state index in [1.165, 1.54) is 11.3 Å². The molecule has 1 aliphatic carbocycles. The predicted molar refractivity (Wildman–Crippen MR) is 104 cm³/mol. The molecule has 1 amide bonds. The van der Waals surface area contributed by atoms with Crippen molar-refractivity contribution in [2.24, 2.45) is 0 Å². The maximum Gasteiger partial charge on any atom is 0.362 e. The first-order chi connectivity index (χ1) is 13.3. The Morgan fingerprint density at radius 3 is 2.79 bits per heavy atom. The number of rotatable bonds is 6. The third-order valence-electron chi connectivity index (χ3n) is 4.57. The number of ether oxygens (including phenoxy) is 1. The zero-order chi connectivity index (χ0) is 20.4. The third-order valence-corrected chi connectivity index (χ3v) is 6.14. The van der Waals surface area contributed by atoms with Crippen molar-refractivity contribution >= 4 is 45.6 Å². The molecule has 0 radical (unpaired) electrons. The van der Waals surface area contributed by atoms with Crippen LogP contribution in [0.4, 0.5) is 10.8 Å². The minimum Gasteiger partial charge on any atom is -0.459 e. The van der Waals surface area contributed by atoms with Crippen LogP contribution in [0.3, 0.4) is 0 Å². The van der Waals surface area contributed by atoms with E-state index in [1.807, 2.05) is 6.92 Å². The fraction of sp³-hybridized carbons (Fsp3) is 0.471. The molecule has 2 N–H and O–H groups in total. The Bertz CT molecular complexity index is 938. The van der Waals surface area contributed by atoms with Crippen molar-refractivity contribution in [2.45, 2.75) is 52.1 Å². The first-order valence-corrected chi connectivity index (χ1v) is 10.1. The molecule has 3 rings (SSSR count). The second kappa shape index (κ2) is 8.27. The van der Waals surface area contributed by atoms with Crippen LogP contribution in [0.5, 0.6) is 0 Å². The standard InChI is InChI=1S/C17H19ClN4O5S/c1-3-8(2)27-17(24)11-9-6-4-5-7-10(9)28-16(11)19-15(23)13-12(18)14(21-20-13)22(25)26/h8H,3-7H2,1-2H3,(H,19,23)(H,20,21). The number of halogens is 1. The Morgan fingerprint density at radius 2 is 2.14 bits per heavy atom. The zero-order valence-electron chi connectivity index (χ0n) is 15.3. The van der Waals surface area contributed by atoms with Crippen LogP contribution in [-0.4, -0.2) is 33.1 Å². The van der Waals surface area contributed by atoms with Gasteiger partial charge in [-0.15, -0.1) is 16.4 Å². The Balaban J connectivity index is 1.93. The average molecular weight is 427 g/mol. The van der Waals surface area contributed by atoms with Gasteiger partial charge in [-0.05, 0) is 49.5 Å². The van der Waals surface area contributed by atoms with Gasteiger partial charge in [0.1, 0.15) is 5.00 Å². The number of thiophene rings is 1. The number of nitro groups is 1. The van der Waals surface area contributed by atoms with Crippen LogP contribution < -0.4 is 5.32 Å². The molecular formula is C17H19ClN4O5S. The largest absolute Gasteiger partial charge is 0.459 e. The number of H-pyrrole nitrogens is 1. The van der Waals surface area contributed by atoms with E-state index in [1.54, 1.807) is 6.92 Å². The number of nitrogens with one attached hydrogen (secondary N) is 2. The molecule has 2 heterocycles. The van der Waals surface area contributed by atoms with Gasteiger partial charge in [0.15, 0.2) is 10.7 Å². The fourth-order valence-corrected chi connectivity index (χ4v) is 4.46. The average Bonchev–Trinajstić information content (AvgIpc) is 3.21. The second-order valence-corrected chi connectivity index (χ2v) is 7.97. The Kier molecular flexibility index (Phi) is 5.99. The van der Waals surface area contributed by atoms with Gasteiger partial charge in [-0.25, -0.2) is 4.79 Å². The Labute approximate surface area is 169 Å². The number of carbonyl (C=O) groups excluding carboxylic acids is 2. The smallest absolute Gasteiger partial charge is 0.362 e. The lowest BCUT2D eigenvalue weighted by Crippen LogP contribution is -2.19. The van der Waals surface area contributed by atoms with Crippen LogP contribution in [-0.2, 0) is 17.6 Å². The molecule has 0 saturated heterocycles. The van der Waals surface area contributed by atoms with Gasteiger partial charge in [0.2, 0.25) is 0 Å². The van der Waals surface area contributed by atoms with Crippen LogP contribution in [0.25, 0.3) is 0 Å². The molecule has 1 atom stereocenters. The molecule has 0 spiro atoms. The highest BCUT2D eigenvalue weighted by Gasteiger charge is 2.30. The number of carbonyl (C=O) groups is 2. The van der Waals surface area contributed by atoms with Gasteiger partial charge in [-0.1, -0.05) is 23.6 Å². The minimum atomic E-state index is -0.759. The fourth-order valence-electron chi connectivity index (χ4n) is 2.95. The molecule has 2 aromatic rings. The van der Waals surface area contributed by atoms with E-state index in [0.29, 0.717) is 17.0 Å². The van der Waals surface area contributed by atoms with Gasteiger partial charge in [0.25, 0.3) is 5.91 Å². The summed E-state index contributed by atoms with van der Waals surface area (Å²) in [6.45, 7) is 3.72. The maximum atomic E-state index is 12.7. The SMILES string of the molecule is CCC(C)OC(=O)c1c(NC(=O)c2n[nH]c([N+](=O)[O-])c2Cl)sc2c1CCCC2. The van der Waals surface area contributed by atoms with Crippen molar-refractivity contribution in [1.29, 1.82) is 0 Å². The van der Waals surface area contributed by atoms with Gasteiger partial charge >= 0.3 is 11.8 Å². The summed E-state index contributed by atoms with van der Waals surface area (Å²) in [4.78, 5) is 36.5. The molecular weight excluding hydrogens is 408 g/mol. The maximum absolute atomic E-state index is 12.7. The van der Waals surface area contributed by atoms with Gasteiger partial charge in [0, 0.05) is 4.88 Å². The molecule has 1 unspecified atom stereocenters. The van der Waals surface area contributed by atoms with Crippen molar-refractivity contribution in [2.75, 3.05) is 5.32 Å². The number of aromatic nitrogens is 2. The molecule has 0 aromatic carbocycles. The van der Waals surface area contributed by atoms with Crippen molar-refractivity contribution in [3.63, 3.8) is 0 Å². The number of nitrogens with zero attached hydrogens (tertiary/aromatic N) is 2. The monoisotopic (exact) mass is 426 g/mol. The highest BCUT2D eigenvalue weighted by atomic mass is 35.5. The summed E-state index contributed by atoms with van der Waals surface area (Å²) in [5.74, 6) is -1.78. The lowest BCUT2D eigenvalue weighted by molar-refractivity contribution is -0.389. The quantitative estimate of drug-likeness (QED) is 0.406. The van der Waals surface area contributed by atoms with Gasteiger partial charge in [0.05, 0.1) is 11.7 Å². The molecule has 0 fully saturated rings. The number of anilines is 1. The highest BCUT2D eigenvalue weighted by Crippen LogP contribution is 2.39. The number of aromatic amines is 1. The number of hydrogen-bond donors (Lipinski definition) is 2. The van der Waals surface area contributed by atoms with E-state index in [-0.39, 0.29) is 16.8 Å². The molecule has 9 nitrogen and oxygen atoms in total. The number of aryl methyl sites for hydroxylation is 1. The van der Waals surface area contributed by atoms with Crippen molar-refractivity contribution in [3.8, 4) is 0 Å². The Hall–Kier alpha value is -2.46. The van der Waals surface area contributed by atoms with Crippen LogP contribution in [0.15, 0.2) is 0 Å². The number of hydrogen-bond acceptors (Lipinski definition) is 7. The summed E-state index contributed by atoms with van der Waals surface area (Å²) in [6.07, 6.45) is 3.96. The molecule has 0 aliphatic heterocycles. The highest BCUT2D eigenvalue weighted by molar-refractivity contribution is 7.17. The third kappa shape index (κ3) is 3.88. The molecule has 0 bridgehead atoms. The molecule has 150 valence electrons. The van der Waals surface area contributed by atoms with Crippen LogP contribution in [0.1, 0.15) is 64.4 Å². The summed E-state index contributed by atoms with van der Waals surface area (Å²) in [6, 6.07) is 0. The zero-order valence-corrected chi connectivity index (χ0v) is 16.9. The number of fused-ring (bicyclic) bond motifs is 1. The normalized spacial score (nSPS) is 14.2. The number of esters is 1.